The number of carbonyl (C=O) groups is 1. The predicted molar refractivity (Wildman–Crippen MR) is 42.2 cm³/mol. The average molecular weight is 180 g/mol. The van der Waals surface area contributed by atoms with Gasteiger partial charge in [-0.15, -0.1) is 0 Å². The first-order valence-electron chi connectivity index (χ1n) is 3.49. The van der Waals surface area contributed by atoms with Crippen LogP contribution in [0, 0.1) is 17.0 Å². The second kappa shape index (κ2) is 3.22. The summed E-state index contributed by atoms with van der Waals surface area (Å²) < 4.78 is 0. The number of rotatable bonds is 2. The fourth-order valence-corrected chi connectivity index (χ4v) is 0.987. The molecule has 0 fully saturated rings. The van der Waals surface area contributed by atoms with Crippen LogP contribution in [-0.2, 0) is 0 Å². The van der Waals surface area contributed by atoms with Crippen molar-refractivity contribution >= 4 is 11.7 Å². The van der Waals surface area contributed by atoms with Gasteiger partial charge < -0.3 is 9.90 Å². The lowest BCUT2D eigenvalue weighted by atomic mass is 10.1. The van der Waals surface area contributed by atoms with Gasteiger partial charge in [-0.05, 0) is 24.6 Å². The molecule has 5 heteroatoms. The summed E-state index contributed by atoms with van der Waals surface area (Å²) in [5, 5.41) is 20.7. The van der Waals surface area contributed by atoms with E-state index in [1.807, 2.05) is 0 Å². The topological polar surface area (TPSA) is 83.3 Å². The van der Waals surface area contributed by atoms with Crippen LogP contribution in [0.2, 0.25) is 0 Å². The maximum Gasteiger partial charge on any atom is 0.272 e. The number of nitro groups is 1. The molecular weight excluding hydrogens is 174 g/mol. The molecule has 1 aromatic carbocycles. The molecule has 0 bridgehead atoms. The highest BCUT2D eigenvalue weighted by molar-refractivity contribution is 5.86. The molecule has 0 aromatic heterocycles. The van der Waals surface area contributed by atoms with Crippen molar-refractivity contribution in [2.75, 3.05) is 0 Å². The molecular formula is C8H6NO4-. The summed E-state index contributed by atoms with van der Waals surface area (Å²) in [7, 11) is 0. The Kier molecular flexibility index (Phi) is 2.27. The zero-order valence-electron chi connectivity index (χ0n) is 6.81. The van der Waals surface area contributed by atoms with Crippen LogP contribution in [0.15, 0.2) is 18.2 Å². The summed E-state index contributed by atoms with van der Waals surface area (Å²) in [6.07, 6.45) is 0. The van der Waals surface area contributed by atoms with Crippen molar-refractivity contribution in [1.29, 1.82) is 0 Å². The van der Waals surface area contributed by atoms with Crippen molar-refractivity contribution < 1.29 is 14.8 Å². The van der Waals surface area contributed by atoms with E-state index >= 15 is 0 Å². The molecule has 13 heavy (non-hydrogen) atoms. The Labute approximate surface area is 73.8 Å². The number of aromatic carboxylic acids is 1. The van der Waals surface area contributed by atoms with Crippen molar-refractivity contribution in [3.8, 4) is 0 Å². The van der Waals surface area contributed by atoms with E-state index in [4.69, 9.17) is 0 Å². The number of nitrogens with zero attached hydrogens (tertiary/aromatic N) is 1. The molecule has 0 amide bonds. The van der Waals surface area contributed by atoms with E-state index in [2.05, 4.69) is 0 Å². The van der Waals surface area contributed by atoms with E-state index in [-0.39, 0.29) is 11.3 Å². The lowest BCUT2D eigenvalue weighted by molar-refractivity contribution is -0.385. The molecule has 0 spiro atoms. The Morgan fingerprint density at radius 1 is 1.46 bits per heavy atom. The third-order valence-corrected chi connectivity index (χ3v) is 1.63. The van der Waals surface area contributed by atoms with Crippen molar-refractivity contribution in [3.63, 3.8) is 0 Å². The Morgan fingerprint density at radius 2 is 2.08 bits per heavy atom. The first-order chi connectivity index (χ1) is 6.02. The highest BCUT2D eigenvalue weighted by atomic mass is 16.6. The van der Waals surface area contributed by atoms with Gasteiger partial charge in [0.2, 0.25) is 0 Å². The molecule has 0 N–H and O–H groups in total. The average Bonchev–Trinajstić information content (AvgIpc) is 2.03. The maximum atomic E-state index is 10.4. The number of benzene rings is 1. The minimum atomic E-state index is -1.34. The van der Waals surface area contributed by atoms with Gasteiger partial charge in [-0.3, -0.25) is 10.1 Å². The molecule has 0 saturated carbocycles. The minimum absolute atomic E-state index is 0.0527. The SMILES string of the molecule is Cc1cc(C(=O)[O-])ccc1[N+](=O)[O-]. The van der Waals surface area contributed by atoms with E-state index in [0.717, 1.165) is 12.1 Å². The van der Waals surface area contributed by atoms with Gasteiger partial charge in [-0.25, -0.2) is 0 Å². The number of carbonyl (C=O) groups excluding carboxylic acids is 1. The number of carboxylic acids is 1. The fraction of sp³-hybridized carbons (Fsp3) is 0.125. The van der Waals surface area contributed by atoms with Crippen LogP contribution in [0.25, 0.3) is 0 Å². The molecule has 68 valence electrons. The van der Waals surface area contributed by atoms with Gasteiger partial charge in [-0.1, -0.05) is 0 Å². The molecule has 1 aromatic rings. The smallest absolute Gasteiger partial charge is 0.272 e. The summed E-state index contributed by atoms with van der Waals surface area (Å²) in [4.78, 5) is 20.1. The van der Waals surface area contributed by atoms with E-state index in [1.54, 1.807) is 0 Å². The molecule has 0 aliphatic rings. The Balaban J connectivity index is 3.20. The summed E-state index contributed by atoms with van der Waals surface area (Å²) in [6.45, 7) is 1.48. The summed E-state index contributed by atoms with van der Waals surface area (Å²) in [5.74, 6) is -1.34. The van der Waals surface area contributed by atoms with Crippen LogP contribution in [0.5, 0.6) is 0 Å². The van der Waals surface area contributed by atoms with Crippen LogP contribution in [-0.4, -0.2) is 10.9 Å². The monoisotopic (exact) mass is 180 g/mol. The van der Waals surface area contributed by atoms with Gasteiger partial charge in [0.1, 0.15) is 0 Å². The van der Waals surface area contributed by atoms with Crippen LogP contribution < -0.4 is 5.11 Å². The van der Waals surface area contributed by atoms with Gasteiger partial charge in [0, 0.05) is 11.6 Å². The molecule has 0 atom stereocenters. The van der Waals surface area contributed by atoms with Crippen molar-refractivity contribution in [1.82, 2.24) is 0 Å². The minimum Gasteiger partial charge on any atom is -0.545 e. The molecule has 0 aliphatic heterocycles. The third-order valence-electron chi connectivity index (χ3n) is 1.63. The third kappa shape index (κ3) is 1.81. The number of carboxylic acid groups (broad SMARTS) is 1. The standard InChI is InChI=1S/C8H7NO4/c1-5-4-6(8(10)11)2-3-7(5)9(12)13/h2-4H,1H3,(H,10,11)/p-1. The number of aryl methyl sites for hydroxylation is 1. The van der Waals surface area contributed by atoms with Gasteiger partial charge >= 0.3 is 0 Å². The largest absolute Gasteiger partial charge is 0.545 e. The van der Waals surface area contributed by atoms with Crippen LogP contribution in [0.4, 0.5) is 5.69 Å². The fourth-order valence-electron chi connectivity index (χ4n) is 0.987. The van der Waals surface area contributed by atoms with Gasteiger partial charge in [0.15, 0.2) is 0 Å². The van der Waals surface area contributed by atoms with E-state index in [0.29, 0.717) is 5.56 Å². The van der Waals surface area contributed by atoms with E-state index < -0.39 is 10.9 Å². The first-order valence-corrected chi connectivity index (χ1v) is 3.49. The molecule has 0 heterocycles. The zero-order valence-corrected chi connectivity index (χ0v) is 6.81. The highest BCUT2D eigenvalue weighted by Crippen LogP contribution is 2.18. The van der Waals surface area contributed by atoms with Gasteiger partial charge in [-0.2, -0.15) is 0 Å². The second-order valence-electron chi connectivity index (χ2n) is 2.55. The summed E-state index contributed by atoms with van der Waals surface area (Å²) in [5.41, 5.74) is 0.166. The normalized spacial score (nSPS) is 9.62. The summed E-state index contributed by atoms with van der Waals surface area (Å²) >= 11 is 0. The Morgan fingerprint density at radius 3 is 2.46 bits per heavy atom. The first kappa shape index (κ1) is 9.18. The zero-order chi connectivity index (χ0) is 10.0. The lowest BCUT2D eigenvalue weighted by Gasteiger charge is -2.03. The van der Waals surface area contributed by atoms with Crippen LogP contribution >= 0.6 is 0 Å². The molecule has 1 rings (SSSR count). The maximum absolute atomic E-state index is 10.4. The quantitative estimate of drug-likeness (QED) is 0.483. The molecule has 0 radical (unpaired) electrons. The Hall–Kier alpha value is -1.91. The van der Waals surface area contributed by atoms with Gasteiger partial charge in [0.25, 0.3) is 5.69 Å². The summed E-state index contributed by atoms with van der Waals surface area (Å²) in [6, 6.07) is 3.52. The van der Waals surface area contributed by atoms with Crippen molar-refractivity contribution in [3.05, 3.63) is 39.4 Å². The van der Waals surface area contributed by atoms with Gasteiger partial charge in [0.05, 0.1) is 10.9 Å². The number of nitro benzene ring substituents is 1. The number of hydrogen-bond donors (Lipinski definition) is 0. The molecule has 0 saturated heterocycles. The van der Waals surface area contributed by atoms with E-state index in [9.17, 15) is 20.0 Å². The number of hydrogen-bond acceptors (Lipinski definition) is 4. The van der Waals surface area contributed by atoms with Crippen LogP contribution in [0.1, 0.15) is 15.9 Å². The molecule has 0 aliphatic carbocycles. The Bertz CT molecular complexity index is 372. The highest BCUT2D eigenvalue weighted by Gasteiger charge is 2.09. The molecule has 0 unspecified atom stereocenters. The second-order valence-corrected chi connectivity index (χ2v) is 2.55. The van der Waals surface area contributed by atoms with E-state index in [1.165, 1.54) is 13.0 Å². The predicted octanol–water partition coefficient (Wildman–Crippen LogP) is 0.267. The van der Waals surface area contributed by atoms with Crippen molar-refractivity contribution in [2.45, 2.75) is 6.92 Å². The lowest BCUT2D eigenvalue weighted by Crippen LogP contribution is -2.22. The molecule has 5 nitrogen and oxygen atoms in total. The van der Waals surface area contributed by atoms with Crippen molar-refractivity contribution in [2.24, 2.45) is 0 Å². The van der Waals surface area contributed by atoms with Crippen LogP contribution in [0.3, 0.4) is 0 Å².